The van der Waals surface area contributed by atoms with Crippen molar-refractivity contribution in [3.05, 3.63) is 88.9 Å². The van der Waals surface area contributed by atoms with Gasteiger partial charge in [-0.05, 0) is 54.4 Å². The van der Waals surface area contributed by atoms with E-state index in [9.17, 15) is 9.59 Å². The van der Waals surface area contributed by atoms with Crippen LogP contribution in [0.25, 0.3) is 0 Å². The molecule has 1 aliphatic heterocycles. The molecule has 2 unspecified atom stereocenters. The lowest BCUT2D eigenvalue weighted by molar-refractivity contribution is -0.121. The first-order valence-corrected chi connectivity index (χ1v) is 11.5. The number of nitrogens with zero attached hydrogens (tertiary/aromatic N) is 1. The molecule has 2 amide bonds. The first-order chi connectivity index (χ1) is 16.5. The minimum atomic E-state index is -0.362. The number of piperidine rings is 1. The maximum atomic E-state index is 13.5. The summed E-state index contributed by atoms with van der Waals surface area (Å²) in [5, 5.41) is 3.57. The number of carbonyl (C=O) groups excluding carboxylic acids is 2. The van der Waals surface area contributed by atoms with Crippen molar-refractivity contribution < 1.29 is 19.1 Å². The fraction of sp³-hybridized carbons (Fsp3) is 0.259. The van der Waals surface area contributed by atoms with E-state index in [0.717, 1.165) is 5.56 Å². The van der Waals surface area contributed by atoms with Crippen LogP contribution in [-0.2, 0) is 4.79 Å². The first-order valence-electron chi connectivity index (χ1n) is 11.1. The lowest BCUT2D eigenvalue weighted by Crippen LogP contribution is -2.46. The highest BCUT2D eigenvalue weighted by Crippen LogP contribution is 2.33. The molecule has 0 radical (unpaired) electrons. The lowest BCUT2D eigenvalue weighted by Gasteiger charge is -2.37. The van der Waals surface area contributed by atoms with Gasteiger partial charge in [-0.2, -0.15) is 0 Å². The van der Waals surface area contributed by atoms with E-state index in [1.54, 1.807) is 54.5 Å². The van der Waals surface area contributed by atoms with Crippen LogP contribution < -0.4 is 14.8 Å². The molecular weight excluding hydrogens is 452 g/mol. The Kier molecular flexibility index (Phi) is 7.38. The van der Waals surface area contributed by atoms with Crippen molar-refractivity contribution in [3.63, 3.8) is 0 Å². The van der Waals surface area contributed by atoms with E-state index < -0.39 is 0 Å². The molecule has 0 spiro atoms. The number of methoxy groups -OCH3 is 2. The van der Waals surface area contributed by atoms with E-state index in [1.165, 1.54) is 7.11 Å². The van der Waals surface area contributed by atoms with E-state index in [2.05, 4.69) is 5.32 Å². The second kappa shape index (κ2) is 10.6. The third-order valence-electron chi connectivity index (χ3n) is 6.12. The summed E-state index contributed by atoms with van der Waals surface area (Å²) in [7, 11) is 3.09. The molecule has 7 heteroatoms. The molecule has 1 fully saturated rings. The standard InChI is InChI=1S/C27H27ClN2O4/c1-33-24-13-8-19(15-25(24)34-2)27(32)30-16-20(18-6-4-3-5-7-18)14-21(17-30)26(31)29-23-11-9-22(28)10-12-23/h3-13,15,20-21H,14,16-17H2,1-2H3,(H,29,31). The number of anilines is 1. The molecule has 1 saturated heterocycles. The Balaban J connectivity index is 1.59. The van der Waals surface area contributed by atoms with Gasteiger partial charge in [-0.25, -0.2) is 0 Å². The van der Waals surface area contributed by atoms with Gasteiger partial charge in [0.15, 0.2) is 11.5 Å². The lowest BCUT2D eigenvalue weighted by atomic mass is 9.83. The number of ether oxygens (including phenoxy) is 2. The predicted octanol–water partition coefficient (Wildman–Crippen LogP) is 5.24. The highest BCUT2D eigenvalue weighted by Gasteiger charge is 2.35. The van der Waals surface area contributed by atoms with Crippen LogP contribution in [-0.4, -0.2) is 44.0 Å². The summed E-state index contributed by atoms with van der Waals surface area (Å²) in [6.07, 6.45) is 0.652. The molecule has 1 aliphatic rings. The number of nitrogens with one attached hydrogen (secondary N) is 1. The molecule has 3 aromatic rings. The van der Waals surface area contributed by atoms with Crippen molar-refractivity contribution in [1.82, 2.24) is 4.90 Å². The highest BCUT2D eigenvalue weighted by molar-refractivity contribution is 6.30. The third-order valence-corrected chi connectivity index (χ3v) is 6.37. The quantitative estimate of drug-likeness (QED) is 0.526. The van der Waals surface area contributed by atoms with Crippen LogP contribution >= 0.6 is 11.6 Å². The van der Waals surface area contributed by atoms with Gasteiger partial charge in [-0.1, -0.05) is 41.9 Å². The molecule has 1 N–H and O–H groups in total. The van der Waals surface area contributed by atoms with E-state index in [4.69, 9.17) is 21.1 Å². The van der Waals surface area contributed by atoms with Crippen LogP contribution in [0, 0.1) is 5.92 Å². The molecule has 176 valence electrons. The summed E-state index contributed by atoms with van der Waals surface area (Å²) >= 11 is 5.96. The fourth-order valence-electron chi connectivity index (χ4n) is 4.35. The zero-order valence-electron chi connectivity index (χ0n) is 19.2. The van der Waals surface area contributed by atoms with Gasteiger partial charge in [0.25, 0.3) is 5.91 Å². The van der Waals surface area contributed by atoms with Crippen molar-refractivity contribution in [2.24, 2.45) is 5.92 Å². The van der Waals surface area contributed by atoms with Gasteiger partial charge in [0, 0.05) is 35.3 Å². The first kappa shape index (κ1) is 23.6. The topological polar surface area (TPSA) is 67.9 Å². The van der Waals surface area contributed by atoms with Crippen molar-refractivity contribution in [1.29, 1.82) is 0 Å². The van der Waals surface area contributed by atoms with Crippen molar-refractivity contribution >= 4 is 29.1 Å². The molecule has 1 heterocycles. The van der Waals surface area contributed by atoms with Gasteiger partial charge >= 0.3 is 0 Å². The van der Waals surface area contributed by atoms with Crippen LogP contribution in [0.2, 0.25) is 5.02 Å². The van der Waals surface area contributed by atoms with Crippen LogP contribution in [0.5, 0.6) is 11.5 Å². The van der Waals surface area contributed by atoms with Crippen molar-refractivity contribution in [2.75, 3.05) is 32.6 Å². The molecular formula is C27H27ClN2O4. The third kappa shape index (κ3) is 5.34. The Bertz CT molecular complexity index is 1150. The number of amides is 2. The molecule has 0 aliphatic carbocycles. The number of likely N-dealkylation sites (tertiary alicyclic amines) is 1. The van der Waals surface area contributed by atoms with Gasteiger partial charge in [0.2, 0.25) is 5.91 Å². The minimum Gasteiger partial charge on any atom is -0.493 e. The van der Waals surface area contributed by atoms with Gasteiger partial charge in [-0.3, -0.25) is 9.59 Å². The van der Waals surface area contributed by atoms with Gasteiger partial charge in [0.1, 0.15) is 0 Å². The largest absolute Gasteiger partial charge is 0.493 e. The smallest absolute Gasteiger partial charge is 0.254 e. The number of benzene rings is 3. The number of rotatable bonds is 6. The highest BCUT2D eigenvalue weighted by atomic mass is 35.5. The summed E-state index contributed by atoms with van der Waals surface area (Å²) in [5.41, 5.74) is 2.27. The Labute approximate surface area is 204 Å². The SMILES string of the molecule is COc1ccc(C(=O)N2CC(C(=O)Nc3ccc(Cl)cc3)CC(c3ccccc3)C2)cc1OC. The summed E-state index contributed by atoms with van der Waals surface area (Å²) in [4.78, 5) is 28.4. The number of halogens is 1. The van der Waals surface area contributed by atoms with E-state index in [1.807, 2.05) is 30.3 Å². The Morgan fingerprint density at radius 1 is 0.912 bits per heavy atom. The Hall–Kier alpha value is -3.51. The van der Waals surface area contributed by atoms with Crippen molar-refractivity contribution in [2.45, 2.75) is 12.3 Å². The van der Waals surface area contributed by atoms with E-state index >= 15 is 0 Å². The van der Waals surface area contributed by atoms with Gasteiger partial charge < -0.3 is 19.7 Å². The van der Waals surface area contributed by atoms with Crippen LogP contribution in [0.4, 0.5) is 5.69 Å². The molecule has 34 heavy (non-hydrogen) atoms. The average Bonchev–Trinajstić information content (AvgIpc) is 2.89. The maximum absolute atomic E-state index is 13.5. The minimum absolute atomic E-state index is 0.0417. The van der Waals surface area contributed by atoms with Crippen LogP contribution in [0.3, 0.4) is 0 Å². The Morgan fingerprint density at radius 2 is 1.62 bits per heavy atom. The summed E-state index contributed by atoms with van der Waals surface area (Å²) in [5.74, 6) is 0.458. The molecule has 4 rings (SSSR count). The molecule has 6 nitrogen and oxygen atoms in total. The molecule has 0 aromatic heterocycles. The van der Waals surface area contributed by atoms with E-state index in [0.29, 0.717) is 47.3 Å². The molecule has 0 saturated carbocycles. The summed E-state index contributed by atoms with van der Waals surface area (Å²) < 4.78 is 10.7. The Morgan fingerprint density at radius 3 is 2.29 bits per heavy atom. The zero-order valence-corrected chi connectivity index (χ0v) is 19.9. The summed E-state index contributed by atoms with van der Waals surface area (Å²) in [6, 6.07) is 22.1. The monoisotopic (exact) mass is 478 g/mol. The van der Waals surface area contributed by atoms with Crippen molar-refractivity contribution in [3.8, 4) is 11.5 Å². The second-order valence-electron chi connectivity index (χ2n) is 8.32. The van der Waals surface area contributed by atoms with Crippen LogP contribution in [0.1, 0.15) is 28.3 Å². The average molecular weight is 479 g/mol. The molecule has 2 atom stereocenters. The number of carbonyl (C=O) groups is 2. The fourth-order valence-corrected chi connectivity index (χ4v) is 4.48. The zero-order chi connectivity index (χ0) is 24.1. The number of hydrogen-bond acceptors (Lipinski definition) is 4. The van der Waals surface area contributed by atoms with Gasteiger partial charge in [0.05, 0.1) is 20.1 Å². The normalized spacial score (nSPS) is 17.7. The second-order valence-corrected chi connectivity index (χ2v) is 8.75. The molecule has 3 aromatic carbocycles. The van der Waals surface area contributed by atoms with E-state index in [-0.39, 0.29) is 23.7 Å². The number of hydrogen-bond donors (Lipinski definition) is 1. The maximum Gasteiger partial charge on any atom is 0.254 e. The van der Waals surface area contributed by atoms with Crippen LogP contribution in [0.15, 0.2) is 72.8 Å². The van der Waals surface area contributed by atoms with Gasteiger partial charge in [-0.15, -0.1) is 0 Å². The molecule has 0 bridgehead atoms. The summed E-state index contributed by atoms with van der Waals surface area (Å²) in [6.45, 7) is 0.859. The predicted molar refractivity (Wildman–Crippen MR) is 133 cm³/mol.